The predicted octanol–water partition coefficient (Wildman–Crippen LogP) is 6.29. The molecular weight excluding hydrogens is 433 g/mol. The average Bonchev–Trinajstić information content (AvgIpc) is 2.77. The van der Waals surface area contributed by atoms with E-state index in [0.717, 1.165) is 35.4 Å². The lowest BCUT2D eigenvalue weighted by Gasteiger charge is -2.14. The number of carboxylic acid groups (broad SMARTS) is 1. The number of nitrogens with zero attached hydrogens (tertiary/aromatic N) is 2. The van der Waals surface area contributed by atoms with E-state index in [2.05, 4.69) is 30.7 Å². The predicted molar refractivity (Wildman–Crippen MR) is 124 cm³/mol. The van der Waals surface area contributed by atoms with Gasteiger partial charge >= 0.3 is 12.1 Å². The first kappa shape index (κ1) is 26.1. The zero-order valence-corrected chi connectivity index (χ0v) is 19.4. The normalized spacial score (nSPS) is 11.4. The molecule has 0 amide bonds. The van der Waals surface area contributed by atoms with Gasteiger partial charge in [0, 0.05) is 10.9 Å². The van der Waals surface area contributed by atoms with Crippen LogP contribution >= 0.6 is 0 Å². The second kappa shape index (κ2) is 10.7. The Kier molecular flexibility index (Phi) is 8.44. The number of carbonyl (C=O) groups is 1. The van der Waals surface area contributed by atoms with Crippen LogP contribution in [0.1, 0.15) is 47.8 Å². The molecule has 1 heterocycles. The van der Waals surface area contributed by atoms with Gasteiger partial charge in [0.05, 0.1) is 11.1 Å². The lowest BCUT2D eigenvalue weighted by atomic mass is 9.98. The number of fused-ring (bicyclic) bond motifs is 1. The van der Waals surface area contributed by atoms with Crippen molar-refractivity contribution in [3.8, 4) is 17.0 Å². The van der Waals surface area contributed by atoms with Gasteiger partial charge in [-0.25, -0.2) is 9.78 Å². The molecule has 0 bridgehead atoms. The van der Waals surface area contributed by atoms with E-state index in [9.17, 15) is 28.2 Å². The summed E-state index contributed by atoms with van der Waals surface area (Å²) in [7, 11) is 0. The van der Waals surface area contributed by atoms with E-state index in [1.807, 2.05) is 6.92 Å². The maximum atomic E-state index is 12.7. The van der Waals surface area contributed by atoms with E-state index < -0.39 is 23.5 Å². The van der Waals surface area contributed by atoms with Crippen molar-refractivity contribution in [3.05, 3.63) is 58.7 Å². The molecule has 5 nitrogen and oxygen atoms in total. The van der Waals surface area contributed by atoms with Crippen molar-refractivity contribution >= 4 is 16.9 Å². The minimum atomic E-state index is -4.49. The van der Waals surface area contributed by atoms with E-state index in [4.69, 9.17) is 0 Å². The molecule has 0 saturated carbocycles. The van der Waals surface area contributed by atoms with Crippen LogP contribution in [0.15, 0.2) is 36.4 Å². The number of aryl methyl sites for hydroxylation is 2. The van der Waals surface area contributed by atoms with Gasteiger partial charge in [0.1, 0.15) is 11.3 Å². The summed E-state index contributed by atoms with van der Waals surface area (Å²) in [5.41, 5.74) is 0.955. The summed E-state index contributed by atoms with van der Waals surface area (Å²) in [5.74, 6) is -1.92. The number of rotatable bonds is 5. The molecule has 178 valence electrons. The third-order valence-electron chi connectivity index (χ3n) is 5.70. The maximum absolute atomic E-state index is 12.7. The highest BCUT2D eigenvalue weighted by atomic mass is 19.4. The Labute approximate surface area is 191 Å². The molecule has 0 saturated heterocycles. The lowest BCUT2D eigenvalue weighted by molar-refractivity contribution is -0.137. The van der Waals surface area contributed by atoms with E-state index in [0.29, 0.717) is 5.52 Å². The minimum absolute atomic E-state index is 0.0719. The third kappa shape index (κ3) is 5.82. The van der Waals surface area contributed by atoms with Gasteiger partial charge in [-0.05, 0) is 56.7 Å². The third-order valence-corrected chi connectivity index (χ3v) is 5.70. The molecule has 0 aliphatic heterocycles. The van der Waals surface area contributed by atoms with Gasteiger partial charge in [-0.15, -0.1) is 0 Å². The summed E-state index contributed by atoms with van der Waals surface area (Å²) in [5, 5.41) is 20.2. The second-order valence-corrected chi connectivity index (χ2v) is 7.59. The molecule has 1 aromatic heterocycles. The van der Waals surface area contributed by atoms with Crippen LogP contribution in [-0.4, -0.2) is 45.7 Å². The number of aromatic carboxylic acids is 1. The summed E-state index contributed by atoms with van der Waals surface area (Å²) >= 11 is 0. The van der Waals surface area contributed by atoms with Crippen LogP contribution in [0, 0.1) is 13.8 Å². The average molecular weight is 463 g/mol. The van der Waals surface area contributed by atoms with Crippen molar-refractivity contribution in [3.63, 3.8) is 0 Å². The highest BCUT2D eigenvalue weighted by molar-refractivity contribution is 6.08. The van der Waals surface area contributed by atoms with Crippen LogP contribution in [0.4, 0.5) is 13.2 Å². The van der Waals surface area contributed by atoms with E-state index in [-0.39, 0.29) is 22.2 Å². The molecule has 0 fully saturated rings. The first-order valence-electron chi connectivity index (χ1n) is 10.7. The first-order valence-corrected chi connectivity index (χ1v) is 10.7. The molecule has 2 aromatic carbocycles. The van der Waals surface area contributed by atoms with Crippen LogP contribution < -0.4 is 0 Å². The molecule has 0 atom stereocenters. The molecule has 0 radical (unpaired) electrons. The van der Waals surface area contributed by atoms with Gasteiger partial charge in [0.15, 0.2) is 5.75 Å². The van der Waals surface area contributed by atoms with Gasteiger partial charge in [-0.2, -0.15) is 13.2 Å². The van der Waals surface area contributed by atoms with Gasteiger partial charge in [0.25, 0.3) is 0 Å². The zero-order chi connectivity index (χ0) is 24.9. The largest absolute Gasteiger partial charge is 0.505 e. The summed E-state index contributed by atoms with van der Waals surface area (Å²) in [6.07, 6.45) is -4.49. The summed E-state index contributed by atoms with van der Waals surface area (Å²) in [6.45, 7) is 13.7. The molecule has 3 aromatic rings. The fourth-order valence-corrected chi connectivity index (χ4v) is 3.46. The highest BCUT2D eigenvalue weighted by Gasteiger charge is 2.30. The standard InChI is InChI=1S/C19H14F3NO3.C6H15N/c1-9-3-8-13-14(18(25)26)17(24)16(23-15(13)10(9)2)11-4-6-12(7-5-11)19(20,21)22;1-4-7(5-2)6-3/h3-8,24H,1-2H3,(H,25,26);4-6H2,1-3H3. The van der Waals surface area contributed by atoms with Gasteiger partial charge < -0.3 is 15.1 Å². The van der Waals surface area contributed by atoms with Crippen LogP contribution in [0.3, 0.4) is 0 Å². The zero-order valence-electron chi connectivity index (χ0n) is 19.4. The van der Waals surface area contributed by atoms with Gasteiger partial charge in [0.2, 0.25) is 0 Å². The Hall–Kier alpha value is -3.13. The van der Waals surface area contributed by atoms with Gasteiger partial charge in [-0.1, -0.05) is 45.0 Å². The quantitative estimate of drug-likeness (QED) is 0.466. The number of alkyl halides is 3. The number of benzene rings is 2. The minimum Gasteiger partial charge on any atom is -0.505 e. The smallest absolute Gasteiger partial charge is 0.416 e. The molecule has 0 spiro atoms. The molecule has 0 aliphatic carbocycles. The molecule has 0 unspecified atom stereocenters. The number of hydrogen-bond donors (Lipinski definition) is 2. The Morgan fingerprint density at radius 1 is 0.970 bits per heavy atom. The summed E-state index contributed by atoms with van der Waals surface area (Å²) in [6, 6.07) is 7.34. The van der Waals surface area contributed by atoms with Crippen molar-refractivity contribution in [2.75, 3.05) is 19.6 Å². The molecular formula is C25H29F3N2O3. The SMILES string of the molecule is CCN(CC)CC.Cc1ccc2c(C(=O)O)c(O)c(-c3ccc(C(F)(F)F)cc3)nc2c1C. The molecule has 0 aliphatic rings. The Morgan fingerprint density at radius 3 is 1.94 bits per heavy atom. The monoisotopic (exact) mass is 462 g/mol. The van der Waals surface area contributed by atoms with Crippen molar-refractivity contribution in [2.24, 2.45) is 0 Å². The number of halogens is 3. The van der Waals surface area contributed by atoms with E-state index in [1.54, 1.807) is 19.1 Å². The number of aromatic nitrogens is 1. The number of pyridine rings is 1. The van der Waals surface area contributed by atoms with Crippen molar-refractivity contribution in [1.29, 1.82) is 0 Å². The Balaban J connectivity index is 0.000000479. The Morgan fingerprint density at radius 2 is 1.52 bits per heavy atom. The van der Waals surface area contributed by atoms with Crippen LogP contribution in [0.2, 0.25) is 0 Å². The molecule has 33 heavy (non-hydrogen) atoms. The lowest BCUT2D eigenvalue weighted by Crippen LogP contribution is -2.21. The van der Waals surface area contributed by atoms with Crippen LogP contribution in [0.5, 0.6) is 5.75 Å². The summed E-state index contributed by atoms with van der Waals surface area (Å²) in [4.78, 5) is 18.4. The fraction of sp³-hybridized carbons (Fsp3) is 0.360. The summed E-state index contributed by atoms with van der Waals surface area (Å²) < 4.78 is 38.2. The molecule has 2 N–H and O–H groups in total. The van der Waals surface area contributed by atoms with Crippen molar-refractivity contribution < 1.29 is 28.2 Å². The fourth-order valence-electron chi connectivity index (χ4n) is 3.46. The second-order valence-electron chi connectivity index (χ2n) is 7.59. The van der Waals surface area contributed by atoms with Crippen molar-refractivity contribution in [1.82, 2.24) is 9.88 Å². The molecule has 8 heteroatoms. The topological polar surface area (TPSA) is 73.7 Å². The van der Waals surface area contributed by atoms with Gasteiger partial charge in [-0.3, -0.25) is 0 Å². The number of hydrogen-bond acceptors (Lipinski definition) is 4. The van der Waals surface area contributed by atoms with E-state index in [1.165, 1.54) is 19.6 Å². The number of carboxylic acids is 1. The van der Waals surface area contributed by atoms with Crippen LogP contribution in [0.25, 0.3) is 22.2 Å². The highest BCUT2D eigenvalue weighted by Crippen LogP contribution is 2.38. The van der Waals surface area contributed by atoms with Crippen molar-refractivity contribution in [2.45, 2.75) is 40.8 Å². The van der Waals surface area contributed by atoms with E-state index >= 15 is 0 Å². The van der Waals surface area contributed by atoms with Crippen LogP contribution in [-0.2, 0) is 6.18 Å². The molecule has 3 rings (SSSR count). The first-order chi connectivity index (χ1) is 15.5. The number of aromatic hydroxyl groups is 1. The Bertz CT molecular complexity index is 1120. The maximum Gasteiger partial charge on any atom is 0.416 e.